The highest BCUT2D eigenvalue weighted by molar-refractivity contribution is 5.90. The van der Waals surface area contributed by atoms with Gasteiger partial charge in [-0.25, -0.2) is 4.79 Å². The third-order valence-corrected chi connectivity index (χ3v) is 6.42. The maximum atomic E-state index is 12.0. The molecule has 0 aromatic heterocycles. The van der Waals surface area contributed by atoms with Crippen molar-refractivity contribution in [3.63, 3.8) is 0 Å². The van der Waals surface area contributed by atoms with Crippen LogP contribution in [0, 0.1) is 23.2 Å². The van der Waals surface area contributed by atoms with Crippen LogP contribution in [0.5, 0.6) is 0 Å². The molecule has 0 bridgehead atoms. The molecule has 0 aromatic rings. The first-order valence-electron chi connectivity index (χ1n) is 8.96. The van der Waals surface area contributed by atoms with Crippen LogP contribution in [0.15, 0.2) is 12.2 Å². The Bertz CT molecular complexity index is 525. The lowest BCUT2D eigenvalue weighted by Gasteiger charge is -2.54. The van der Waals surface area contributed by atoms with E-state index >= 15 is 0 Å². The fraction of sp³-hybridized carbons (Fsp3) is 0.789. The van der Waals surface area contributed by atoms with Crippen LogP contribution in [-0.2, 0) is 19.1 Å². The van der Waals surface area contributed by atoms with E-state index in [9.17, 15) is 9.59 Å². The summed E-state index contributed by atoms with van der Waals surface area (Å²) in [6.45, 7) is 10.4. The summed E-state index contributed by atoms with van der Waals surface area (Å²) in [5.41, 5.74) is 0.799. The second-order valence-electron chi connectivity index (χ2n) is 7.90. The quantitative estimate of drug-likeness (QED) is 0.588. The van der Waals surface area contributed by atoms with Crippen molar-refractivity contribution in [2.24, 2.45) is 23.2 Å². The molecule has 3 fully saturated rings. The monoisotopic (exact) mass is 320 g/mol. The molecule has 23 heavy (non-hydrogen) atoms. The van der Waals surface area contributed by atoms with Crippen LogP contribution in [0.25, 0.3) is 0 Å². The second-order valence-corrected chi connectivity index (χ2v) is 7.90. The van der Waals surface area contributed by atoms with Gasteiger partial charge in [-0.1, -0.05) is 27.4 Å². The second kappa shape index (κ2) is 5.95. The Labute approximate surface area is 138 Å². The zero-order chi connectivity index (χ0) is 16.8. The fourth-order valence-corrected chi connectivity index (χ4v) is 5.13. The van der Waals surface area contributed by atoms with E-state index < -0.39 is 0 Å². The number of carbonyl (C=O) groups excluding carboxylic acids is 2. The largest absolute Gasteiger partial charge is 0.462 e. The SMILES string of the molecule is C=C1C(=O)O[C@@H]2C3[C@@H](C)[C@@H](OC(=O)CCC)CC[C@]3(C)CC[C@@H]12. The Morgan fingerprint density at radius 1 is 1.39 bits per heavy atom. The summed E-state index contributed by atoms with van der Waals surface area (Å²) in [5.74, 6) is 0.265. The maximum Gasteiger partial charge on any atom is 0.334 e. The van der Waals surface area contributed by atoms with E-state index in [2.05, 4.69) is 20.4 Å². The van der Waals surface area contributed by atoms with Crippen LogP contribution in [0.4, 0.5) is 0 Å². The van der Waals surface area contributed by atoms with Gasteiger partial charge in [0.25, 0.3) is 0 Å². The molecule has 6 atom stereocenters. The average molecular weight is 320 g/mol. The Balaban J connectivity index is 1.80. The maximum absolute atomic E-state index is 12.0. The lowest BCUT2D eigenvalue weighted by molar-refractivity contribution is -0.175. The lowest BCUT2D eigenvalue weighted by Crippen LogP contribution is -2.53. The molecule has 2 aliphatic carbocycles. The van der Waals surface area contributed by atoms with Gasteiger partial charge in [0.2, 0.25) is 0 Å². The lowest BCUT2D eigenvalue weighted by atomic mass is 9.53. The fourth-order valence-electron chi connectivity index (χ4n) is 5.13. The summed E-state index contributed by atoms with van der Waals surface area (Å²) in [6.07, 6.45) is 5.15. The average Bonchev–Trinajstić information content (AvgIpc) is 2.77. The molecule has 4 heteroatoms. The number of carbonyl (C=O) groups is 2. The van der Waals surface area contributed by atoms with Crippen LogP contribution < -0.4 is 0 Å². The summed E-state index contributed by atoms with van der Waals surface area (Å²) in [4.78, 5) is 23.9. The predicted molar refractivity (Wildman–Crippen MR) is 86.5 cm³/mol. The standard InChI is InChI=1S/C19H28O4/c1-5-6-15(20)22-14-8-10-19(4)9-7-13-11(2)18(21)23-17(13)16(19)12(14)3/h12-14,16-17H,2,5-10H2,1,3-4H3/t12-,13-,14-,16?,17-,19-/m0/s1. The Hall–Kier alpha value is -1.32. The molecule has 4 nitrogen and oxygen atoms in total. The molecular weight excluding hydrogens is 292 g/mol. The Morgan fingerprint density at radius 2 is 2.09 bits per heavy atom. The minimum atomic E-state index is -0.235. The highest BCUT2D eigenvalue weighted by atomic mass is 16.6. The Kier molecular flexibility index (Phi) is 4.28. The van der Waals surface area contributed by atoms with Crippen LogP contribution >= 0.6 is 0 Å². The van der Waals surface area contributed by atoms with Gasteiger partial charge in [-0.05, 0) is 43.4 Å². The van der Waals surface area contributed by atoms with Crippen LogP contribution in [0.3, 0.4) is 0 Å². The van der Waals surface area contributed by atoms with Crippen LogP contribution in [0.1, 0.15) is 59.3 Å². The van der Waals surface area contributed by atoms with Crippen molar-refractivity contribution in [2.45, 2.75) is 71.5 Å². The van der Waals surface area contributed by atoms with E-state index in [-0.39, 0.29) is 47.3 Å². The van der Waals surface area contributed by atoms with E-state index in [1.807, 2.05) is 6.92 Å². The smallest absolute Gasteiger partial charge is 0.334 e. The number of rotatable bonds is 3. The molecule has 2 saturated carbocycles. The molecule has 1 heterocycles. The summed E-state index contributed by atoms with van der Waals surface area (Å²) in [7, 11) is 0. The van der Waals surface area contributed by atoms with Gasteiger partial charge in [0.1, 0.15) is 12.2 Å². The molecule has 3 aliphatic rings. The molecule has 3 rings (SSSR count). The van der Waals surface area contributed by atoms with Crippen LogP contribution in [-0.4, -0.2) is 24.1 Å². The first-order chi connectivity index (χ1) is 10.9. The minimum Gasteiger partial charge on any atom is -0.462 e. The van der Waals surface area contributed by atoms with Gasteiger partial charge in [0.15, 0.2) is 0 Å². The summed E-state index contributed by atoms with van der Waals surface area (Å²) < 4.78 is 11.4. The molecular formula is C19H28O4. The van der Waals surface area contributed by atoms with Gasteiger partial charge < -0.3 is 9.47 Å². The third-order valence-electron chi connectivity index (χ3n) is 6.42. The van der Waals surface area contributed by atoms with Gasteiger partial charge in [0, 0.05) is 23.8 Å². The van der Waals surface area contributed by atoms with Gasteiger partial charge in [0.05, 0.1) is 0 Å². The van der Waals surface area contributed by atoms with E-state index in [4.69, 9.17) is 9.47 Å². The Morgan fingerprint density at radius 3 is 2.78 bits per heavy atom. The third kappa shape index (κ3) is 2.70. The van der Waals surface area contributed by atoms with Crippen molar-refractivity contribution in [3.8, 4) is 0 Å². The number of fused-ring (bicyclic) bond motifs is 3. The number of hydrogen-bond acceptors (Lipinski definition) is 4. The van der Waals surface area contributed by atoms with Gasteiger partial charge >= 0.3 is 11.9 Å². The van der Waals surface area contributed by atoms with Gasteiger partial charge in [-0.3, -0.25) is 4.79 Å². The summed E-state index contributed by atoms with van der Waals surface area (Å²) in [5, 5.41) is 0. The normalized spacial score (nSPS) is 42.7. The van der Waals surface area contributed by atoms with Crippen molar-refractivity contribution in [1.29, 1.82) is 0 Å². The molecule has 0 radical (unpaired) electrons. The molecule has 0 spiro atoms. The number of ether oxygens (including phenoxy) is 2. The van der Waals surface area contributed by atoms with Crippen LogP contribution in [0.2, 0.25) is 0 Å². The predicted octanol–water partition coefficient (Wildman–Crippen LogP) is 3.64. The van der Waals surface area contributed by atoms with Crippen molar-refractivity contribution < 1.29 is 19.1 Å². The zero-order valence-electron chi connectivity index (χ0n) is 14.5. The van der Waals surface area contributed by atoms with E-state index in [1.165, 1.54) is 0 Å². The molecule has 1 saturated heterocycles. The summed E-state index contributed by atoms with van der Waals surface area (Å²) >= 11 is 0. The topological polar surface area (TPSA) is 52.6 Å². The van der Waals surface area contributed by atoms with Gasteiger partial charge in [-0.2, -0.15) is 0 Å². The molecule has 0 amide bonds. The highest BCUT2D eigenvalue weighted by Crippen LogP contribution is 2.57. The molecule has 1 unspecified atom stereocenters. The highest BCUT2D eigenvalue weighted by Gasteiger charge is 2.58. The molecule has 0 N–H and O–H groups in total. The number of hydrogen-bond donors (Lipinski definition) is 0. The number of esters is 2. The van der Waals surface area contributed by atoms with E-state index in [0.29, 0.717) is 12.0 Å². The first kappa shape index (κ1) is 16.5. The van der Waals surface area contributed by atoms with Crippen molar-refractivity contribution in [3.05, 3.63) is 12.2 Å². The molecule has 0 aromatic carbocycles. The van der Waals surface area contributed by atoms with Crippen molar-refractivity contribution in [1.82, 2.24) is 0 Å². The molecule has 1 aliphatic heterocycles. The molecule has 128 valence electrons. The van der Waals surface area contributed by atoms with E-state index in [0.717, 1.165) is 32.1 Å². The zero-order valence-corrected chi connectivity index (χ0v) is 14.5. The van der Waals surface area contributed by atoms with Crippen molar-refractivity contribution >= 4 is 11.9 Å². The first-order valence-corrected chi connectivity index (χ1v) is 8.96. The van der Waals surface area contributed by atoms with Gasteiger partial charge in [-0.15, -0.1) is 0 Å². The van der Waals surface area contributed by atoms with E-state index in [1.54, 1.807) is 0 Å². The summed E-state index contributed by atoms with van der Waals surface area (Å²) in [6, 6.07) is 0. The van der Waals surface area contributed by atoms with Crippen molar-refractivity contribution in [2.75, 3.05) is 0 Å². The minimum absolute atomic E-state index is 0.0570.